The van der Waals surface area contributed by atoms with Gasteiger partial charge in [0.2, 0.25) is 10.2 Å². The van der Waals surface area contributed by atoms with E-state index in [9.17, 15) is 9.59 Å². The first-order chi connectivity index (χ1) is 10.9. The normalized spacial score (nSPS) is 10.3. The minimum absolute atomic E-state index is 0.0476. The molecule has 0 bridgehead atoms. The lowest BCUT2D eigenvalue weighted by molar-refractivity contribution is -0.108. The van der Waals surface area contributed by atoms with Crippen molar-refractivity contribution in [3.8, 4) is 0 Å². The largest absolute Gasteiger partial charge is 0.282 e. The van der Waals surface area contributed by atoms with Gasteiger partial charge in [-0.1, -0.05) is 60.9 Å². The second-order valence-electron chi connectivity index (χ2n) is 5.14. The molecule has 0 fully saturated rings. The van der Waals surface area contributed by atoms with Crippen LogP contribution in [0.15, 0.2) is 48.6 Å². The van der Waals surface area contributed by atoms with Crippen LogP contribution < -0.4 is 0 Å². The summed E-state index contributed by atoms with van der Waals surface area (Å²) < 4.78 is 0. The van der Waals surface area contributed by atoms with Crippen molar-refractivity contribution < 1.29 is 9.59 Å². The lowest BCUT2D eigenvalue weighted by Gasteiger charge is -2.04. The molecule has 1 aromatic rings. The van der Waals surface area contributed by atoms with E-state index in [1.807, 2.05) is 11.8 Å². The van der Waals surface area contributed by atoms with Crippen molar-refractivity contribution in [2.45, 2.75) is 25.4 Å². The zero-order valence-corrected chi connectivity index (χ0v) is 16.0. The first kappa shape index (κ1) is 20.1. The van der Waals surface area contributed by atoms with E-state index in [0.29, 0.717) is 16.9 Å². The highest BCUT2D eigenvalue weighted by molar-refractivity contribution is 8.14. The Kier molecular flexibility index (Phi) is 9.44. The highest BCUT2D eigenvalue weighted by atomic mass is 32.2. The second kappa shape index (κ2) is 10.8. The summed E-state index contributed by atoms with van der Waals surface area (Å²) in [5.74, 6) is 3.36. The SMILES string of the molecule is C=C(C)C(=O)SCCSCc1ccc(CSC(=O)C(=C)C)cc1. The summed E-state index contributed by atoms with van der Waals surface area (Å²) in [6.07, 6.45) is 0. The van der Waals surface area contributed by atoms with E-state index in [-0.39, 0.29) is 10.2 Å². The predicted molar refractivity (Wildman–Crippen MR) is 106 cm³/mol. The van der Waals surface area contributed by atoms with E-state index >= 15 is 0 Å². The Morgan fingerprint density at radius 1 is 0.826 bits per heavy atom. The first-order valence-corrected chi connectivity index (χ1v) is 10.3. The molecule has 0 aliphatic carbocycles. The molecule has 1 rings (SSSR count). The van der Waals surface area contributed by atoms with E-state index in [4.69, 9.17) is 0 Å². The Labute approximate surface area is 151 Å². The molecule has 0 aliphatic heterocycles. The average molecular weight is 367 g/mol. The predicted octanol–water partition coefficient (Wildman–Crippen LogP) is 5.09. The van der Waals surface area contributed by atoms with Crippen LogP contribution in [0.5, 0.6) is 0 Å². The maximum atomic E-state index is 11.5. The smallest absolute Gasteiger partial charge is 0.214 e. The first-order valence-electron chi connectivity index (χ1n) is 7.21. The van der Waals surface area contributed by atoms with Gasteiger partial charge >= 0.3 is 0 Å². The van der Waals surface area contributed by atoms with Crippen molar-refractivity contribution in [3.05, 3.63) is 59.7 Å². The molecule has 0 atom stereocenters. The molecular formula is C18H22O2S3. The van der Waals surface area contributed by atoms with Crippen LogP contribution in [-0.4, -0.2) is 21.7 Å². The molecule has 1 aromatic carbocycles. The monoisotopic (exact) mass is 366 g/mol. The van der Waals surface area contributed by atoms with Crippen LogP contribution in [0, 0.1) is 0 Å². The number of hydrogen-bond donors (Lipinski definition) is 0. The molecule has 5 heteroatoms. The standard InChI is InChI=1S/C18H22O2S3/c1-13(2)17(19)22-10-9-21-11-15-5-7-16(8-6-15)12-23-18(20)14(3)4/h5-8H,1,3,9-12H2,2,4H3. The van der Waals surface area contributed by atoms with Crippen molar-refractivity contribution >= 4 is 45.5 Å². The lowest BCUT2D eigenvalue weighted by atomic mass is 10.2. The summed E-state index contributed by atoms with van der Waals surface area (Å²) >= 11 is 4.43. The van der Waals surface area contributed by atoms with Gasteiger partial charge in [0, 0.05) is 23.0 Å². The van der Waals surface area contributed by atoms with Gasteiger partial charge < -0.3 is 0 Å². The Bertz CT molecular complexity index is 576. The Balaban J connectivity index is 2.26. The van der Waals surface area contributed by atoms with Gasteiger partial charge in [-0.2, -0.15) is 11.8 Å². The molecule has 0 saturated heterocycles. The summed E-state index contributed by atoms with van der Waals surface area (Å²) in [7, 11) is 0. The number of rotatable bonds is 9. The number of carbonyl (C=O) groups is 2. The van der Waals surface area contributed by atoms with Crippen LogP contribution >= 0.6 is 35.3 Å². The van der Waals surface area contributed by atoms with E-state index in [0.717, 1.165) is 22.8 Å². The summed E-state index contributed by atoms with van der Waals surface area (Å²) in [6.45, 7) is 10.8. The maximum Gasteiger partial charge on any atom is 0.214 e. The molecule has 0 amide bonds. The third kappa shape index (κ3) is 8.49. The molecule has 0 aliphatic rings. The van der Waals surface area contributed by atoms with Gasteiger partial charge in [-0.15, -0.1) is 0 Å². The fourth-order valence-electron chi connectivity index (χ4n) is 1.51. The van der Waals surface area contributed by atoms with Gasteiger partial charge in [-0.25, -0.2) is 0 Å². The minimum Gasteiger partial charge on any atom is -0.282 e. The number of hydrogen-bond acceptors (Lipinski definition) is 5. The lowest BCUT2D eigenvalue weighted by Crippen LogP contribution is -1.95. The molecule has 0 spiro atoms. The van der Waals surface area contributed by atoms with Crippen molar-refractivity contribution in [2.24, 2.45) is 0 Å². The topological polar surface area (TPSA) is 34.1 Å². The highest BCUT2D eigenvalue weighted by Crippen LogP contribution is 2.19. The summed E-state index contributed by atoms with van der Waals surface area (Å²) in [6, 6.07) is 8.32. The van der Waals surface area contributed by atoms with Gasteiger partial charge in [0.15, 0.2) is 0 Å². The molecule has 0 radical (unpaired) electrons. The van der Waals surface area contributed by atoms with Gasteiger partial charge in [0.25, 0.3) is 0 Å². The molecule has 124 valence electrons. The van der Waals surface area contributed by atoms with Crippen LogP contribution in [0.2, 0.25) is 0 Å². The quantitative estimate of drug-likeness (QED) is 0.449. The molecule has 0 aromatic heterocycles. The zero-order valence-electron chi connectivity index (χ0n) is 13.6. The Hall–Kier alpha value is -0.910. The molecular weight excluding hydrogens is 344 g/mol. The van der Waals surface area contributed by atoms with E-state index in [2.05, 4.69) is 37.4 Å². The fourth-order valence-corrected chi connectivity index (χ4v) is 4.06. The molecule has 0 heterocycles. The Morgan fingerprint density at radius 3 is 1.83 bits per heavy atom. The van der Waals surface area contributed by atoms with Crippen LogP contribution in [0.25, 0.3) is 0 Å². The summed E-state index contributed by atoms with van der Waals surface area (Å²) in [5, 5.41) is 0.128. The number of carbonyl (C=O) groups excluding carboxylic acids is 2. The van der Waals surface area contributed by atoms with E-state index in [1.165, 1.54) is 29.1 Å². The van der Waals surface area contributed by atoms with Crippen molar-refractivity contribution in [1.82, 2.24) is 0 Å². The summed E-state index contributed by atoms with van der Waals surface area (Å²) in [5.41, 5.74) is 3.59. The summed E-state index contributed by atoms with van der Waals surface area (Å²) in [4.78, 5) is 22.9. The molecule has 0 N–H and O–H groups in total. The number of thioether (sulfide) groups is 3. The zero-order chi connectivity index (χ0) is 17.2. The maximum absolute atomic E-state index is 11.5. The van der Waals surface area contributed by atoms with Gasteiger partial charge in [-0.3, -0.25) is 9.59 Å². The van der Waals surface area contributed by atoms with E-state index in [1.54, 1.807) is 13.8 Å². The molecule has 0 saturated carbocycles. The number of benzene rings is 1. The van der Waals surface area contributed by atoms with Crippen molar-refractivity contribution in [2.75, 3.05) is 11.5 Å². The van der Waals surface area contributed by atoms with Gasteiger partial charge in [0.05, 0.1) is 0 Å². The van der Waals surface area contributed by atoms with Crippen molar-refractivity contribution in [3.63, 3.8) is 0 Å². The minimum atomic E-state index is 0.0476. The molecule has 0 unspecified atom stereocenters. The third-order valence-corrected chi connectivity index (χ3v) is 6.22. The highest BCUT2D eigenvalue weighted by Gasteiger charge is 2.04. The molecule has 23 heavy (non-hydrogen) atoms. The van der Waals surface area contributed by atoms with Crippen LogP contribution in [0.1, 0.15) is 25.0 Å². The van der Waals surface area contributed by atoms with Gasteiger partial charge in [0.1, 0.15) is 0 Å². The second-order valence-corrected chi connectivity index (χ2v) is 8.26. The van der Waals surface area contributed by atoms with Crippen molar-refractivity contribution in [1.29, 1.82) is 0 Å². The van der Waals surface area contributed by atoms with Gasteiger partial charge in [-0.05, 0) is 36.1 Å². The average Bonchev–Trinajstić information content (AvgIpc) is 2.52. The van der Waals surface area contributed by atoms with Crippen LogP contribution in [-0.2, 0) is 21.1 Å². The Morgan fingerprint density at radius 2 is 1.30 bits per heavy atom. The van der Waals surface area contributed by atoms with E-state index < -0.39 is 0 Å². The fraction of sp³-hybridized carbons (Fsp3) is 0.333. The van der Waals surface area contributed by atoms with Crippen LogP contribution in [0.3, 0.4) is 0 Å². The molecule has 2 nitrogen and oxygen atoms in total. The van der Waals surface area contributed by atoms with Crippen LogP contribution in [0.4, 0.5) is 0 Å². The third-order valence-electron chi connectivity index (χ3n) is 2.82.